The molecule has 0 aromatic heterocycles. The lowest BCUT2D eigenvalue weighted by Crippen LogP contribution is -2.26. The van der Waals surface area contributed by atoms with Crippen LogP contribution in [0.2, 0.25) is 0 Å². The van der Waals surface area contributed by atoms with Gasteiger partial charge in [-0.3, -0.25) is 4.79 Å². The average Bonchev–Trinajstić information content (AvgIpc) is 2.33. The van der Waals surface area contributed by atoms with Crippen molar-refractivity contribution < 1.29 is 14.3 Å². The lowest BCUT2D eigenvalue weighted by molar-refractivity contribution is -0.121. The molecule has 98 valence electrons. The van der Waals surface area contributed by atoms with Gasteiger partial charge in [0.25, 0.3) is 0 Å². The highest BCUT2D eigenvalue weighted by molar-refractivity contribution is 5.92. The van der Waals surface area contributed by atoms with E-state index in [-0.39, 0.29) is 23.3 Å². The van der Waals surface area contributed by atoms with Crippen molar-refractivity contribution in [3.05, 3.63) is 24.0 Å². The minimum atomic E-state index is -0.604. The van der Waals surface area contributed by atoms with Crippen molar-refractivity contribution >= 4 is 11.6 Å². The van der Waals surface area contributed by atoms with E-state index in [1.54, 1.807) is 0 Å². The number of halogens is 1. The molecule has 0 heterocycles. The van der Waals surface area contributed by atoms with Crippen LogP contribution < -0.4 is 5.32 Å². The van der Waals surface area contributed by atoms with Crippen LogP contribution in [-0.2, 0) is 4.79 Å². The summed E-state index contributed by atoms with van der Waals surface area (Å²) in [5, 5.41) is 11.7. The van der Waals surface area contributed by atoms with Crippen molar-refractivity contribution in [2.75, 3.05) is 5.32 Å². The van der Waals surface area contributed by atoms with E-state index in [1.807, 2.05) is 0 Å². The van der Waals surface area contributed by atoms with E-state index in [4.69, 9.17) is 5.11 Å². The molecular formula is C14H18FNO2. The van der Waals surface area contributed by atoms with Gasteiger partial charge in [-0.1, -0.05) is 6.92 Å². The van der Waals surface area contributed by atoms with Crippen LogP contribution in [0.5, 0.6) is 5.75 Å². The highest BCUT2D eigenvalue weighted by Crippen LogP contribution is 2.29. The minimum Gasteiger partial charge on any atom is -0.508 e. The third-order valence-electron chi connectivity index (χ3n) is 3.60. The molecule has 0 aliphatic heterocycles. The van der Waals surface area contributed by atoms with Gasteiger partial charge in [-0.2, -0.15) is 0 Å². The maximum atomic E-state index is 13.5. The van der Waals surface area contributed by atoms with Crippen molar-refractivity contribution in [3.8, 4) is 5.75 Å². The number of carbonyl (C=O) groups is 1. The molecule has 1 saturated carbocycles. The number of nitrogens with one attached hydrogen (secondary N) is 1. The number of hydrogen-bond donors (Lipinski definition) is 2. The number of aromatic hydroxyl groups is 1. The molecule has 0 bridgehead atoms. The van der Waals surface area contributed by atoms with Gasteiger partial charge in [0.2, 0.25) is 5.91 Å². The highest BCUT2D eigenvalue weighted by atomic mass is 19.1. The molecule has 1 aromatic carbocycles. The van der Waals surface area contributed by atoms with E-state index >= 15 is 0 Å². The number of phenolic OH excluding ortho intramolecular Hbond substituents is 1. The maximum Gasteiger partial charge on any atom is 0.227 e. The fourth-order valence-electron chi connectivity index (χ4n) is 2.36. The second-order valence-corrected chi connectivity index (χ2v) is 5.11. The van der Waals surface area contributed by atoms with Crippen LogP contribution in [0.15, 0.2) is 18.2 Å². The Kier molecular flexibility index (Phi) is 3.84. The smallest absolute Gasteiger partial charge is 0.227 e. The lowest BCUT2D eigenvalue weighted by atomic mass is 9.82. The summed E-state index contributed by atoms with van der Waals surface area (Å²) >= 11 is 0. The van der Waals surface area contributed by atoms with E-state index in [2.05, 4.69) is 12.2 Å². The predicted molar refractivity (Wildman–Crippen MR) is 67.8 cm³/mol. The third kappa shape index (κ3) is 3.00. The molecule has 1 aliphatic rings. The first-order valence-corrected chi connectivity index (χ1v) is 6.35. The van der Waals surface area contributed by atoms with Crippen LogP contribution in [0.1, 0.15) is 32.6 Å². The van der Waals surface area contributed by atoms with Crippen LogP contribution in [0.4, 0.5) is 10.1 Å². The molecule has 1 fully saturated rings. The molecule has 2 rings (SSSR count). The molecule has 4 heteroatoms. The number of anilines is 1. The summed E-state index contributed by atoms with van der Waals surface area (Å²) in [6.07, 6.45) is 3.84. The molecule has 0 spiro atoms. The Balaban J connectivity index is 1.98. The van der Waals surface area contributed by atoms with Crippen molar-refractivity contribution in [1.29, 1.82) is 0 Å². The van der Waals surface area contributed by atoms with Crippen LogP contribution in [0.3, 0.4) is 0 Å². The number of hydrogen-bond acceptors (Lipinski definition) is 2. The molecule has 1 aliphatic carbocycles. The van der Waals surface area contributed by atoms with Crippen molar-refractivity contribution in [1.82, 2.24) is 0 Å². The van der Waals surface area contributed by atoms with Gasteiger partial charge < -0.3 is 10.4 Å². The van der Waals surface area contributed by atoms with Crippen molar-refractivity contribution in [2.45, 2.75) is 32.6 Å². The SMILES string of the molecule is CC1CCC(C(=O)Nc2ccc(O)cc2F)CC1. The molecule has 2 N–H and O–H groups in total. The Bertz CT molecular complexity index is 439. The molecule has 1 aromatic rings. The predicted octanol–water partition coefficient (Wildman–Crippen LogP) is 3.30. The first kappa shape index (κ1) is 12.9. The van der Waals surface area contributed by atoms with Crippen LogP contribution in [0, 0.1) is 17.7 Å². The molecule has 0 atom stereocenters. The second kappa shape index (κ2) is 5.38. The zero-order valence-corrected chi connectivity index (χ0v) is 10.4. The largest absolute Gasteiger partial charge is 0.508 e. The zero-order chi connectivity index (χ0) is 13.1. The highest BCUT2D eigenvalue weighted by Gasteiger charge is 2.24. The molecule has 0 radical (unpaired) electrons. The Morgan fingerprint density at radius 2 is 2.00 bits per heavy atom. The summed E-state index contributed by atoms with van der Waals surface area (Å²) in [5.74, 6) is -0.204. The molecule has 1 amide bonds. The molecule has 3 nitrogen and oxygen atoms in total. The molecule has 0 saturated heterocycles. The first-order chi connectivity index (χ1) is 8.56. The number of benzene rings is 1. The molecular weight excluding hydrogens is 233 g/mol. The van der Waals surface area contributed by atoms with Gasteiger partial charge in [-0.25, -0.2) is 4.39 Å². The van der Waals surface area contributed by atoms with Crippen LogP contribution in [0.25, 0.3) is 0 Å². The first-order valence-electron chi connectivity index (χ1n) is 6.35. The van der Waals surface area contributed by atoms with E-state index < -0.39 is 5.82 Å². The Morgan fingerprint density at radius 3 is 2.61 bits per heavy atom. The van der Waals surface area contributed by atoms with Crippen molar-refractivity contribution in [2.24, 2.45) is 11.8 Å². The van der Waals surface area contributed by atoms with Gasteiger partial charge in [0.1, 0.15) is 11.6 Å². The van der Waals surface area contributed by atoms with Gasteiger partial charge in [0.05, 0.1) is 5.69 Å². The topological polar surface area (TPSA) is 49.3 Å². The number of phenols is 1. The van der Waals surface area contributed by atoms with E-state index in [1.165, 1.54) is 12.1 Å². The number of carbonyl (C=O) groups excluding carboxylic acids is 1. The third-order valence-corrected chi connectivity index (χ3v) is 3.60. The van der Waals surface area contributed by atoms with Crippen LogP contribution in [-0.4, -0.2) is 11.0 Å². The normalized spacial score (nSPS) is 23.7. The summed E-state index contributed by atoms with van der Waals surface area (Å²) in [7, 11) is 0. The Morgan fingerprint density at radius 1 is 1.33 bits per heavy atom. The molecule has 18 heavy (non-hydrogen) atoms. The fourth-order valence-corrected chi connectivity index (χ4v) is 2.36. The van der Waals surface area contributed by atoms with E-state index in [0.717, 1.165) is 31.7 Å². The summed E-state index contributed by atoms with van der Waals surface area (Å²) in [4.78, 5) is 12.0. The summed E-state index contributed by atoms with van der Waals surface area (Å²) < 4.78 is 13.5. The van der Waals surface area contributed by atoms with E-state index in [0.29, 0.717) is 5.92 Å². The lowest BCUT2D eigenvalue weighted by Gasteiger charge is -2.25. The van der Waals surface area contributed by atoms with Crippen molar-refractivity contribution in [3.63, 3.8) is 0 Å². The zero-order valence-electron chi connectivity index (χ0n) is 10.4. The number of amides is 1. The summed E-state index contributed by atoms with van der Waals surface area (Å²) in [6.45, 7) is 2.19. The average molecular weight is 251 g/mol. The Labute approximate surface area is 106 Å². The molecule has 0 unspecified atom stereocenters. The number of rotatable bonds is 2. The maximum absolute atomic E-state index is 13.5. The minimum absolute atomic E-state index is 0.0191. The van der Waals surface area contributed by atoms with Gasteiger partial charge in [-0.05, 0) is 43.7 Å². The quantitative estimate of drug-likeness (QED) is 0.792. The fraction of sp³-hybridized carbons (Fsp3) is 0.500. The van der Waals surface area contributed by atoms with E-state index in [9.17, 15) is 9.18 Å². The van der Waals surface area contributed by atoms with Gasteiger partial charge in [0, 0.05) is 12.0 Å². The van der Waals surface area contributed by atoms with Gasteiger partial charge in [0.15, 0.2) is 0 Å². The van der Waals surface area contributed by atoms with Crippen LogP contribution >= 0.6 is 0 Å². The van der Waals surface area contributed by atoms with Gasteiger partial charge in [-0.15, -0.1) is 0 Å². The monoisotopic (exact) mass is 251 g/mol. The second-order valence-electron chi connectivity index (χ2n) is 5.11. The summed E-state index contributed by atoms with van der Waals surface area (Å²) in [5.41, 5.74) is 0.136. The summed E-state index contributed by atoms with van der Waals surface area (Å²) in [6, 6.07) is 3.74. The standard InChI is InChI=1S/C14H18FNO2/c1-9-2-4-10(5-3-9)14(18)16-13-7-6-11(17)8-12(13)15/h6-10,17H,2-5H2,1H3,(H,16,18). The van der Waals surface area contributed by atoms with Gasteiger partial charge >= 0.3 is 0 Å². The Hall–Kier alpha value is -1.58.